The number of benzene rings is 2. The van der Waals surface area contributed by atoms with Crippen LogP contribution in [0.5, 0.6) is 11.5 Å². The standard InChI is InChI=1S/C25H25ClF4N4O2/c1-14(17-10-16(27)3-4-19(17)25(28,29)30)36-23-9-15(13-33-24(23)31)18-11-20(26)21(12-22(18)35-2)34-7-5-32-6-8-34/h3-4,9-14,32H,5-8H2,1-2H3,(H2,31,33). The molecule has 0 radical (unpaired) electrons. The number of nitrogens with zero attached hydrogens (tertiary/aromatic N) is 2. The van der Waals surface area contributed by atoms with Crippen molar-refractivity contribution >= 4 is 23.1 Å². The molecule has 1 aromatic heterocycles. The zero-order chi connectivity index (χ0) is 26.0. The predicted octanol–water partition coefficient (Wildman–Crippen LogP) is 5.70. The van der Waals surface area contributed by atoms with Crippen LogP contribution in [0.4, 0.5) is 29.1 Å². The predicted molar refractivity (Wildman–Crippen MR) is 131 cm³/mol. The summed E-state index contributed by atoms with van der Waals surface area (Å²) >= 11 is 6.62. The second kappa shape index (κ2) is 10.4. The number of halogens is 5. The summed E-state index contributed by atoms with van der Waals surface area (Å²) in [6.45, 7) is 4.64. The molecule has 6 nitrogen and oxygen atoms in total. The summed E-state index contributed by atoms with van der Waals surface area (Å²) in [6, 6.07) is 7.38. The van der Waals surface area contributed by atoms with Gasteiger partial charge in [-0.1, -0.05) is 11.6 Å². The molecule has 36 heavy (non-hydrogen) atoms. The third-order valence-electron chi connectivity index (χ3n) is 5.98. The molecule has 1 saturated heterocycles. The molecule has 4 rings (SSSR count). The number of ether oxygens (including phenoxy) is 2. The maximum Gasteiger partial charge on any atom is 0.416 e. The van der Waals surface area contributed by atoms with Gasteiger partial charge in [0.15, 0.2) is 11.6 Å². The number of hydrogen-bond donors (Lipinski definition) is 2. The quantitative estimate of drug-likeness (QED) is 0.403. The first-order chi connectivity index (χ1) is 17.1. The van der Waals surface area contributed by atoms with Crippen LogP contribution < -0.4 is 25.4 Å². The average molecular weight is 525 g/mol. The molecule has 192 valence electrons. The molecule has 0 aliphatic carbocycles. The lowest BCUT2D eigenvalue weighted by molar-refractivity contribution is -0.139. The Morgan fingerprint density at radius 1 is 1.11 bits per heavy atom. The summed E-state index contributed by atoms with van der Waals surface area (Å²) < 4.78 is 65.6. The summed E-state index contributed by atoms with van der Waals surface area (Å²) in [7, 11) is 1.53. The largest absolute Gasteiger partial charge is 0.496 e. The highest BCUT2D eigenvalue weighted by Crippen LogP contribution is 2.42. The lowest BCUT2D eigenvalue weighted by atomic mass is 10.0. The molecule has 1 atom stereocenters. The van der Waals surface area contributed by atoms with Crippen LogP contribution in [0.15, 0.2) is 42.6 Å². The lowest BCUT2D eigenvalue weighted by Gasteiger charge is -2.30. The molecule has 0 spiro atoms. The maximum atomic E-state index is 13.8. The highest BCUT2D eigenvalue weighted by molar-refractivity contribution is 6.33. The van der Waals surface area contributed by atoms with E-state index in [1.165, 1.54) is 20.2 Å². The van der Waals surface area contributed by atoms with Gasteiger partial charge in [0.25, 0.3) is 0 Å². The molecule has 3 N–H and O–H groups in total. The fourth-order valence-electron chi connectivity index (χ4n) is 4.16. The van der Waals surface area contributed by atoms with Gasteiger partial charge in [0.1, 0.15) is 17.7 Å². The Kier molecular flexibility index (Phi) is 7.46. The molecule has 1 aliphatic heterocycles. The number of nitrogen functional groups attached to an aromatic ring is 1. The third kappa shape index (κ3) is 5.44. The molecule has 0 amide bonds. The minimum atomic E-state index is -4.68. The van der Waals surface area contributed by atoms with E-state index in [0.717, 1.165) is 44.0 Å². The Morgan fingerprint density at radius 2 is 1.83 bits per heavy atom. The van der Waals surface area contributed by atoms with Crippen molar-refractivity contribution in [3.8, 4) is 22.6 Å². The van der Waals surface area contributed by atoms with Gasteiger partial charge in [-0.2, -0.15) is 13.2 Å². The zero-order valence-electron chi connectivity index (χ0n) is 19.6. The number of pyridine rings is 1. The van der Waals surface area contributed by atoms with Crippen molar-refractivity contribution in [2.45, 2.75) is 19.2 Å². The molecule has 1 aliphatic rings. The number of nitrogens with two attached hydrogens (primary N) is 1. The monoisotopic (exact) mass is 524 g/mol. The number of rotatable bonds is 6. The van der Waals surface area contributed by atoms with E-state index < -0.39 is 23.7 Å². The second-order valence-electron chi connectivity index (χ2n) is 8.34. The zero-order valence-corrected chi connectivity index (χ0v) is 20.4. The number of anilines is 2. The summed E-state index contributed by atoms with van der Waals surface area (Å²) in [4.78, 5) is 6.30. The number of hydrogen-bond acceptors (Lipinski definition) is 6. The number of piperazine rings is 1. The topological polar surface area (TPSA) is 72.6 Å². The van der Waals surface area contributed by atoms with Gasteiger partial charge in [0.2, 0.25) is 0 Å². The van der Waals surface area contributed by atoms with Crippen LogP contribution in [-0.4, -0.2) is 38.3 Å². The van der Waals surface area contributed by atoms with E-state index in [-0.39, 0.29) is 17.1 Å². The van der Waals surface area contributed by atoms with Crippen LogP contribution in [-0.2, 0) is 6.18 Å². The fraction of sp³-hybridized carbons (Fsp3) is 0.320. The highest BCUT2D eigenvalue weighted by Gasteiger charge is 2.35. The molecule has 1 fully saturated rings. The molecule has 2 aromatic carbocycles. The average Bonchev–Trinajstić information content (AvgIpc) is 2.85. The van der Waals surface area contributed by atoms with Crippen LogP contribution in [0.25, 0.3) is 11.1 Å². The first kappa shape index (κ1) is 25.8. The SMILES string of the molecule is COc1cc(N2CCNCC2)c(Cl)cc1-c1cnc(N)c(OC(C)c2cc(F)ccc2C(F)(F)F)c1. The minimum absolute atomic E-state index is 0.0296. The van der Waals surface area contributed by atoms with Crippen molar-refractivity contribution < 1.29 is 27.0 Å². The molecular weight excluding hydrogens is 500 g/mol. The van der Waals surface area contributed by atoms with Gasteiger partial charge >= 0.3 is 6.18 Å². The van der Waals surface area contributed by atoms with Crippen LogP contribution in [0.3, 0.4) is 0 Å². The van der Waals surface area contributed by atoms with E-state index in [4.69, 9.17) is 26.8 Å². The van der Waals surface area contributed by atoms with E-state index in [1.807, 2.05) is 6.07 Å². The Morgan fingerprint density at radius 3 is 2.50 bits per heavy atom. The van der Waals surface area contributed by atoms with Crippen molar-refractivity contribution in [2.24, 2.45) is 0 Å². The van der Waals surface area contributed by atoms with Gasteiger partial charge in [0.05, 0.1) is 23.4 Å². The summed E-state index contributed by atoms with van der Waals surface area (Å²) in [5.74, 6) is -0.264. The van der Waals surface area contributed by atoms with Crippen molar-refractivity contribution in [3.05, 3.63) is 64.6 Å². The first-order valence-corrected chi connectivity index (χ1v) is 11.6. The molecule has 1 unspecified atom stereocenters. The molecule has 0 saturated carbocycles. The Bertz CT molecular complexity index is 1250. The van der Waals surface area contributed by atoms with Gasteiger partial charge in [0, 0.05) is 55.1 Å². The van der Waals surface area contributed by atoms with Crippen LogP contribution in [0.2, 0.25) is 5.02 Å². The van der Waals surface area contributed by atoms with Crippen molar-refractivity contribution in [3.63, 3.8) is 0 Å². The van der Waals surface area contributed by atoms with Crippen molar-refractivity contribution in [1.82, 2.24) is 10.3 Å². The summed E-state index contributed by atoms with van der Waals surface area (Å²) in [5.41, 5.74) is 6.60. The first-order valence-electron chi connectivity index (χ1n) is 11.2. The van der Waals surface area contributed by atoms with Gasteiger partial charge in [-0.05, 0) is 37.3 Å². The van der Waals surface area contributed by atoms with Crippen LogP contribution >= 0.6 is 11.6 Å². The fourth-order valence-corrected chi connectivity index (χ4v) is 4.45. The molecule has 3 aromatic rings. The van der Waals surface area contributed by atoms with Gasteiger partial charge in [-0.25, -0.2) is 9.37 Å². The van der Waals surface area contributed by atoms with Crippen LogP contribution in [0, 0.1) is 5.82 Å². The Balaban J connectivity index is 1.68. The van der Waals surface area contributed by atoms with Crippen molar-refractivity contribution in [1.29, 1.82) is 0 Å². The highest BCUT2D eigenvalue weighted by atomic mass is 35.5. The number of alkyl halides is 3. The van der Waals surface area contributed by atoms with E-state index in [1.54, 1.807) is 12.1 Å². The minimum Gasteiger partial charge on any atom is -0.496 e. The molecule has 11 heteroatoms. The summed E-state index contributed by atoms with van der Waals surface area (Å²) in [5, 5.41) is 3.80. The van der Waals surface area contributed by atoms with Gasteiger partial charge < -0.3 is 25.4 Å². The molecule has 2 heterocycles. The summed E-state index contributed by atoms with van der Waals surface area (Å²) in [6.07, 6.45) is -4.35. The van der Waals surface area contributed by atoms with Crippen LogP contribution in [0.1, 0.15) is 24.2 Å². The van der Waals surface area contributed by atoms with E-state index >= 15 is 0 Å². The smallest absolute Gasteiger partial charge is 0.416 e. The molecule has 0 bridgehead atoms. The van der Waals surface area contributed by atoms with Gasteiger partial charge in [-0.3, -0.25) is 0 Å². The number of aromatic nitrogens is 1. The normalized spacial score (nSPS) is 15.0. The number of nitrogens with one attached hydrogen (secondary N) is 1. The van der Waals surface area contributed by atoms with Gasteiger partial charge in [-0.15, -0.1) is 0 Å². The second-order valence-corrected chi connectivity index (χ2v) is 8.74. The van der Waals surface area contributed by atoms with E-state index in [2.05, 4.69) is 15.2 Å². The van der Waals surface area contributed by atoms with E-state index in [9.17, 15) is 17.6 Å². The number of methoxy groups -OCH3 is 1. The van der Waals surface area contributed by atoms with Crippen molar-refractivity contribution in [2.75, 3.05) is 43.9 Å². The Hall–Kier alpha value is -3.24. The Labute approximate surface area is 211 Å². The third-order valence-corrected chi connectivity index (χ3v) is 6.28. The maximum absolute atomic E-state index is 13.8. The molecular formula is C25H25ClF4N4O2. The van der Waals surface area contributed by atoms with E-state index in [0.29, 0.717) is 28.0 Å². The lowest BCUT2D eigenvalue weighted by Crippen LogP contribution is -2.43.